The highest BCUT2D eigenvalue weighted by Crippen LogP contribution is 1.90. The molecule has 0 radical (unpaired) electrons. The van der Waals surface area contributed by atoms with E-state index in [0.29, 0.717) is 19.2 Å². The summed E-state index contributed by atoms with van der Waals surface area (Å²) in [5.74, 6) is -0.0977. The van der Waals surface area contributed by atoms with Gasteiger partial charge in [-0.15, -0.1) is 6.58 Å². The number of carbonyl (C=O) groups is 1. The monoisotopic (exact) mass is 214 g/mol. The van der Waals surface area contributed by atoms with Crippen molar-refractivity contribution >= 4 is 5.91 Å². The van der Waals surface area contributed by atoms with E-state index in [9.17, 15) is 4.79 Å². The fourth-order valence-corrected chi connectivity index (χ4v) is 0.975. The number of ether oxygens (including phenoxy) is 1. The average Bonchev–Trinajstić information content (AvgIpc) is 2.20. The van der Waals surface area contributed by atoms with Crippen LogP contribution in [0, 0.1) is 0 Å². The smallest absolute Gasteiger partial charge is 0.249 e. The third-order valence-corrected chi connectivity index (χ3v) is 1.81. The van der Waals surface area contributed by atoms with Gasteiger partial charge in [0.1, 0.15) is 6.10 Å². The van der Waals surface area contributed by atoms with Gasteiger partial charge in [0.2, 0.25) is 5.91 Å². The van der Waals surface area contributed by atoms with Crippen molar-refractivity contribution in [3.05, 3.63) is 12.7 Å². The topological polar surface area (TPSA) is 50.4 Å². The lowest BCUT2D eigenvalue weighted by Gasteiger charge is -2.13. The Morgan fingerprint density at radius 2 is 2.13 bits per heavy atom. The molecule has 0 aromatic heterocycles. The molecule has 0 saturated heterocycles. The first kappa shape index (κ1) is 14.1. The molecule has 88 valence electrons. The van der Waals surface area contributed by atoms with Crippen LogP contribution in [0.2, 0.25) is 0 Å². The quantitative estimate of drug-likeness (QED) is 0.462. The molecule has 0 spiro atoms. The molecule has 0 fully saturated rings. The highest BCUT2D eigenvalue weighted by molar-refractivity contribution is 5.80. The first-order valence-electron chi connectivity index (χ1n) is 5.31. The van der Waals surface area contributed by atoms with Crippen molar-refractivity contribution in [2.45, 2.75) is 32.9 Å². The molecule has 0 aliphatic heterocycles. The Morgan fingerprint density at radius 3 is 2.67 bits per heavy atom. The van der Waals surface area contributed by atoms with Gasteiger partial charge in [0.25, 0.3) is 0 Å². The first-order valence-corrected chi connectivity index (χ1v) is 5.31. The zero-order valence-corrected chi connectivity index (χ0v) is 9.88. The fraction of sp³-hybridized carbons (Fsp3) is 0.727. The summed E-state index contributed by atoms with van der Waals surface area (Å²) >= 11 is 0. The van der Waals surface area contributed by atoms with Crippen LogP contribution in [0.1, 0.15) is 20.8 Å². The predicted molar refractivity (Wildman–Crippen MR) is 61.8 cm³/mol. The standard InChI is InChI=1S/C11H22N2O2/c1-5-6-13-11(14)10(4)15-8-7-12-9(2)3/h5,9-10,12H,1,6-8H2,2-4H3,(H,13,14). The summed E-state index contributed by atoms with van der Waals surface area (Å²) in [5, 5.41) is 5.89. The van der Waals surface area contributed by atoms with Gasteiger partial charge in [-0.1, -0.05) is 19.9 Å². The SMILES string of the molecule is C=CCNC(=O)C(C)OCCNC(C)C. The van der Waals surface area contributed by atoms with Crippen molar-refractivity contribution < 1.29 is 9.53 Å². The van der Waals surface area contributed by atoms with Crippen molar-refractivity contribution in [3.63, 3.8) is 0 Å². The van der Waals surface area contributed by atoms with Crippen LogP contribution < -0.4 is 10.6 Å². The Balaban J connectivity index is 3.50. The van der Waals surface area contributed by atoms with E-state index in [2.05, 4.69) is 31.1 Å². The summed E-state index contributed by atoms with van der Waals surface area (Å²) in [6.45, 7) is 11.2. The van der Waals surface area contributed by atoms with Crippen LogP contribution in [-0.2, 0) is 9.53 Å². The van der Waals surface area contributed by atoms with Crippen molar-refractivity contribution in [1.29, 1.82) is 0 Å². The molecule has 0 saturated carbocycles. The Morgan fingerprint density at radius 1 is 1.47 bits per heavy atom. The molecule has 2 N–H and O–H groups in total. The summed E-state index contributed by atoms with van der Waals surface area (Å²) in [6, 6.07) is 0.443. The lowest BCUT2D eigenvalue weighted by atomic mass is 10.3. The number of carbonyl (C=O) groups excluding carboxylic acids is 1. The molecular formula is C11H22N2O2. The van der Waals surface area contributed by atoms with Gasteiger partial charge in [-0.25, -0.2) is 0 Å². The Labute approximate surface area is 92.1 Å². The Kier molecular flexibility index (Phi) is 7.95. The summed E-state index contributed by atoms with van der Waals surface area (Å²) < 4.78 is 5.34. The van der Waals surface area contributed by atoms with E-state index in [-0.39, 0.29) is 5.91 Å². The average molecular weight is 214 g/mol. The largest absolute Gasteiger partial charge is 0.367 e. The van der Waals surface area contributed by atoms with Crippen LogP contribution in [-0.4, -0.2) is 37.7 Å². The molecule has 1 amide bonds. The van der Waals surface area contributed by atoms with Gasteiger partial charge >= 0.3 is 0 Å². The summed E-state index contributed by atoms with van der Waals surface area (Å²) in [6.07, 6.45) is 1.24. The van der Waals surface area contributed by atoms with Crippen LogP contribution in [0.25, 0.3) is 0 Å². The third-order valence-electron chi connectivity index (χ3n) is 1.81. The summed E-state index contributed by atoms with van der Waals surface area (Å²) in [7, 11) is 0. The molecule has 0 heterocycles. The predicted octanol–water partition coefficient (Wildman–Crippen LogP) is 0.692. The van der Waals surface area contributed by atoms with Gasteiger partial charge in [-0.05, 0) is 6.92 Å². The minimum atomic E-state index is -0.404. The van der Waals surface area contributed by atoms with Crippen LogP contribution in [0.15, 0.2) is 12.7 Å². The van der Waals surface area contributed by atoms with E-state index in [1.54, 1.807) is 13.0 Å². The third kappa shape index (κ3) is 8.15. The molecule has 0 aliphatic carbocycles. The van der Waals surface area contributed by atoms with Crippen molar-refractivity contribution in [1.82, 2.24) is 10.6 Å². The first-order chi connectivity index (χ1) is 7.07. The maximum atomic E-state index is 11.3. The highest BCUT2D eigenvalue weighted by Gasteiger charge is 2.11. The molecule has 0 aromatic rings. The van der Waals surface area contributed by atoms with Gasteiger partial charge < -0.3 is 15.4 Å². The second-order valence-electron chi connectivity index (χ2n) is 3.66. The van der Waals surface area contributed by atoms with E-state index in [1.165, 1.54) is 0 Å². The molecule has 0 aromatic carbocycles. The van der Waals surface area contributed by atoms with Gasteiger partial charge in [0.05, 0.1) is 6.61 Å². The molecule has 0 aliphatic rings. The van der Waals surface area contributed by atoms with Crippen molar-refractivity contribution in [2.24, 2.45) is 0 Å². The molecule has 1 atom stereocenters. The van der Waals surface area contributed by atoms with Crippen LogP contribution in [0.3, 0.4) is 0 Å². The fourth-order valence-electron chi connectivity index (χ4n) is 0.975. The molecule has 0 rings (SSSR count). The lowest BCUT2D eigenvalue weighted by Crippen LogP contribution is -2.36. The molecule has 4 nitrogen and oxygen atoms in total. The van der Waals surface area contributed by atoms with E-state index in [0.717, 1.165) is 6.54 Å². The number of amides is 1. The lowest BCUT2D eigenvalue weighted by molar-refractivity contribution is -0.131. The minimum absolute atomic E-state index is 0.0977. The number of hydrogen-bond donors (Lipinski definition) is 2. The molecule has 4 heteroatoms. The number of rotatable bonds is 8. The van der Waals surface area contributed by atoms with Gasteiger partial charge in [0.15, 0.2) is 0 Å². The van der Waals surface area contributed by atoms with Crippen LogP contribution >= 0.6 is 0 Å². The summed E-state index contributed by atoms with van der Waals surface area (Å²) in [4.78, 5) is 11.3. The van der Waals surface area contributed by atoms with Crippen LogP contribution in [0.5, 0.6) is 0 Å². The molecular weight excluding hydrogens is 192 g/mol. The second-order valence-corrected chi connectivity index (χ2v) is 3.66. The number of nitrogens with one attached hydrogen (secondary N) is 2. The van der Waals surface area contributed by atoms with Crippen molar-refractivity contribution in [3.8, 4) is 0 Å². The number of hydrogen-bond acceptors (Lipinski definition) is 3. The zero-order chi connectivity index (χ0) is 11.7. The molecule has 15 heavy (non-hydrogen) atoms. The minimum Gasteiger partial charge on any atom is -0.367 e. The summed E-state index contributed by atoms with van der Waals surface area (Å²) in [5.41, 5.74) is 0. The van der Waals surface area contributed by atoms with Gasteiger partial charge in [-0.3, -0.25) is 4.79 Å². The van der Waals surface area contributed by atoms with Gasteiger partial charge in [0, 0.05) is 19.1 Å². The molecule has 0 bridgehead atoms. The van der Waals surface area contributed by atoms with E-state index in [1.807, 2.05) is 0 Å². The Bertz CT molecular complexity index is 193. The molecule has 1 unspecified atom stereocenters. The maximum absolute atomic E-state index is 11.3. The maximum Gasteiger partial charge on any atom is 0.249 e. The zero-order valence-electron chi connectivity index (χ0n) is 9.88. The Hall–Kier alpha value is -0.870. The highest BCUT2D eigenvalue weighted by atomic mass is 16.5. The van der Waals surface area contributed by atoms with Crippen molar-refractivity contribution in [2.75, 3.05) is 19.7 Å². The van der Waals surface area contributed by atoms with E-state index >= 15 is 0 Å². The van der Waals surface area contributed by atoms with E-state index in [4.69, 9.17) is 4.74 Å². The van der Waals surface area contributed by atoms with Gasteiger partial charge in [-0.2, -0.15) is 0 Å². The van der Waals surface area contributed by atoms with E-state index < -0.39 is 6.10 Å². The normalized spacial score (nSPS) is 12.5. The second kappa shape index (κ2) is 8.44. The van der Waals surface area contributed by atoms with Crippen LogP contribution in [0.4, 0.5) is 0 Å².